The number of hydrogen-bond donors (Lipinski definition) is 1. The molecule has 0 unspecified atom stereocenters. The topological polar surface area (TPSA) is 38.0 Å². The molecule has 0 spiro atoms. The van der Waals surface area contributed by atoms with E-state index in [1.807, 2.05) is 14.0 Å². The monoisotopic (exact) mass is 124 g/mol. The predicted octanol–water partition coefficient (Wildman–Crippen LogP) is -1.87. The maximum Gasteiger partial charge on any atom is 0.143 e. The van der Waals surface area contributed by atoms with Crippen molar-refractivity contribution in [2.45, 2.75) is 6.54 Å². The first-order valence-corrected chi connectivity index (χ1v) is 2.93. The summed E-state index contributed by atoms with van der Waals surface area (Å²) in [6, 6.07) is 0. The van der Waals surface area contributed by atoms with Crippen molar-refractivity contribution < 1.29 is 5.11 Å². The van der Waals surface area contributed by atoms with Crippen molar-refractivity contribution in [2.75, 3.05) is 6.61 Å². The molecule has 0 radical (unpaired) electrons. The third-order valence-corrected chi connectivity index (χ3v) is 1.09. The predicted molar refractivity (Wildman–Crippen MR) is 37.5 cm³/mol. The molecule has 48 valence electrons. The van der Waals surface area contributed by atoms with E-state index in [1.54, 1.807) is 10.9 Å². The fourth-order valence-corrected chi connectivity index (χ4v) is 0.692. The van der Waals surface area contributed by atoms with E-state index in [0.29, 0.717) is 6.54 Å². The van der Waals surface area contributed by atoms with Crippen LogP contribution >= 0.6 is 0 Å². The Hall–Kier alpha value is -0.765. The third kappa shape index (κ3) is 1.57. The van der Waals surface area contributed by atoms with Gasteiger partial charge in [0.1, 0.15) is 7.85 Å². The molecule has 1 heterocycles. The molecule has 0 saturated carbocycles. The van der Waals surface area contributed by atoms with Gasteiger partial charge in [-0.3, -0.25) is 4.68 Å². The minimum atomic E-state index is 0.154. The smallest absolute Gasteiger partial charge is 0.143 e. The zero-order valence-corrected chi connectivity index (χ0v) is 5.41. The van der Waals surface area contributed by atoms with Crippen LogP contribution in [0.2, 0.25) is 0 Å². The van der Waals surface area contributed by atoms with Crippen molar-refractivity contribution in [1.82, 2.24) is 9.78 Å². The SMILES string of the molecule is Bc1cnn(CCO)c1. The minimum Gasteiger partial charge on any atom is -0.394 e. The third-order valence-electron chi connectivity index (χ3n) is 1.09. The molecule has 0 fully saturated rings. The van der Waals surface area contributed by atoms with Gasteiger partial charge in [-0.2, -0.15) is 5.10 Å². The molecule has 1 aromatic heterocycles. The second-order valence-corrected chi connectivity index (χ2v) is 2.00. The largest absolute Gasteiger partial charge is 0.394 e. The van der Waals surface area contributed by atoms with Crippen molar-refractivity contribution in [3.05, 3.63) is 12.4 Å². The molecule has 0 atom stereocenters. The number of nitrogens with zero attached hydrogens (tertiary/aromatic N) is 2. The Kier molecular flexibility index (Phi) is 1.90. The van der Waals surface area contributed by atoms with Crippen LogP contribution in [0.3, 0.4) is 0 Å². The molecular formula is C5H9BN2O. The lowest BCUT2D eigenvalue weighted by Crippen LogP contribution is -2.03. The molecule has 9 heavy (non-hydrogen) atoms. The molecule has 0 aliphatic carbocycles. The standard InChI is InChI=1S/C5H9BN2O/c6-5-3-7-8(4-5)1-2-9/h3-4,9H,1-2,6H2. The lowest BCUT2D eigenvalue weighted by atomic mass is 10.0. The van der Waals surface area contributed by atoms with Crippen LogP contribution in [0.15, 0.2) is 12.4 Å². The van der Waals surface area contributed by atoms with E-state index >= 15 is 0 Å². The second kappa shape index (κ2) is 2.68. The molecule has 4 heteroatoms. The van der Waals surface area contributed by atoms with Gasteiger partial charge in [-0.25, -0.2) is 0 Å². The van der Waals surface area contributed by atoms with Crippen LogP contribution in [0.25, 0.3) is 0 Å². The van der Waals surface area contributed by atoms with Gasteiger partial charge in [0, 0.05) is 12.4 Å². The van der Waals surface area contributed by atoms with Gasteiger partial charge in [0.25, 0.3) is 0 Å². The first-order valence-electron chi connectivity index (χ1n) is 2.93. The van der Waals surface area contributed by atoms with E-state index < -0.39 is 0 Å². The zero-order chi connectivity index (χ0) is 6.69. The molecule has 0 aliphatic heterocycles. The van der Waals surface area contributed by atoms with Crippen molar-refractivity contribution in [3.8, 4) is 0 Å². The van der Waals surface area contributed by atoms with E-state index in [0.717, 1.165) is 5.46 Å². The molecule has 1 rings (SSSR count). The summed E-state index contributed by atoms with van der Waals surface area (Å²) in [7, 11) is 1.97. The second-order valence-electron chi connectivity index (χ2n) is 2.00. The summed E-state index contributed by atoms with van der Waals surface area (Å²) in [4.78, 5) is 0. The highest BCUT2D eigenvalue weighted by Gasteiger charge is 1.89. The van der Waals surface area contributed by atoms with Gasteiger partial charge in [0.15, 0.2) is 0 Å². The van der Waals surface area contributed by atoms with Crippen molar-refractivity contribution in [1.29, 1.82) is 0 Å². The summed E-state index contributed by atoms with van der Waals surface area (Å²) in [6.07, 6.45) is 3.67. The summed E-state index contributed by atoms with van der Waals surface area (Å²) in [5.74, 6) is 0. The lowest BCUT2D eigenvalue weighted by Gasteiger charge is -1.93. The van der Waals surface area contributed by atoms with E-state index in [-0.39, 0.29) is 6.61 Å². The molecule has 1 aromatic rings. The Morgan fingerprint density at radius 2 is 2.56 bits per heavy atom. The zero-order valence-electron chi connectivity index (χ0n) is 5.41. The Morgan fingerprint density at radius 3 is 3.00 bits per heavy atom. The van der Waals surface area contributed by atoms with E-state index in [4.69, 9.17) is 5.11 Å². The number of aliphatic hydroxyl groups is 1. The van der Waals surface area contributed by atoms with Crippen LogP contribution < -0.4 is 5.46 Å². The van der Waals surface area contributed by atoms with Crippen LogP contribution in [0.1, 0.15) is 0 Å². The summed E-state index contributed by atoms with van der Waals surface area (Å²) >= 11 is 0. The van der Waals surface area contributed by atoms with Gasteiger partial charge in [0.2, 0.25) is 0 Å². The number of rotatable bonds is 2. The van der Waals surface area contributed by atoms with Gasteiger partial charge >= 0.3 is 0 Å². The Balaban J connectivity index is 2.61. The molecule has 0 aromatic carbocycles. The van der Waals surface area contributed by atoms with Crippen molar-refractivity contribution >= 4 is 13.3 Å². The maximum absolute atomic E-state index is 8.47. The normalized spacial score (nSPS) is 9.89. The Morgan fingerprint density at radius 1 is 1.78 bits per heavy atom. The Labute approximate surface area is 54.7 Å². The van der Waals surface area contributed by atoms with Gasteiger partial charge < -0.3 is 5.11 Å². The van der Waals surface area contributed by atoms with Crippen molar-refractivity contribution in [3.63, 3.8) is 0 Å². The number of aliphatic hydroxyl groups excluding tert-OH is 1. The first kappa shape index (κ1) is 6.36. The van der Waals surface area contributed by atoms with Gasteiger partial charge in [-0.1, -0.05) is 5.46 Å². The van der Waals surface area contributed by atoms with Crippen LogP contribution in [-0.4, -0.2) is 29.3 Å². The highest BCUT2D eigenvalue weighted by molar-refractivity contribution is 6.31. The minimum absolute atomic E-state index is 0.154. The average molecular weight is 124 g/mol. The molecule has 0 aliphatic rings. The van der Waals surface area contributed by atoms with E-state index in [2.05, 4.69) is 5.10 Å². The molecule has 3 nitrogen and oxygen atoms in total. The van der Waals surface area contributed by atoms with Crippen molar-refractivity contribution in [2.24, 2.45) is 0 Å². The summed E-state index contributed by atoms with van der Waals surface area (Å²) in [6.45, 7) is 0.745. The Bertz CT molecular complexity index is 187. The average Bonchev–Trinajstić information content (AvgIpc) is 2.17. The van der Waals surface area contributed by atoms with Gasteiger partial charge in [0.05, 0.1) is 13.2 Å². The van der Waals surface area contributed by atoms with E-state index in [1.165, 1.54) is 0 Å². The first-order chi connectivity index (χ1) is 4.33. The fourth-order valence-electron chi connectivity index (χ4n) is 0.692. The molecule has 1 N–H and O–H groups in total. The fraction of sp³-hybridized carbons (Fsp3) is 0.400. The summed E-state index contributed by atoms with van der Waals surface area (Å²) in [5.41, 5.74) is 1.13. The summed E-state index contributed by atoms with van der Waals surface area (Å²) in [5, 5.41) is 12.4. The van der Waals surface area contributed by atoms with Crippen LogP contribution in [0.4, 0.5) is 0 Å². The summed E-state index contributed by atoms with van der Waals surface area (Å²) < 4.78 is 1.72. The molecule has 0 amide bonds. The quantitative estimate of drug-likeness (QED) is 0.469. The highest BCUT2D eigenvalue weighted by atomic mass is 16.3. The van der Waals surface area contributed by atoms with Crippen LogP contribution in [-0.2, 0) is 6.54 Å². The highest BCUT2D eigenvalue weighted by Crippen LogP contribution is 1.77. The van der Waals surface area contributed by atoms with Crippen LogP contribution in [0.5, 0.6) is 0 Å². The van der Waals surface area contributed by atoms with Gasteiger partial charge in [-0.15, -0.1) is 0 Å². The molecule has 0 bridgehead atoms. The number of aromatic nitrogens is 2. The van der Waals surface area contributed by atoms with Crippen LogP contribution in [0, 0.1) is 0 Å². The number of hydrogen-bond acceptors (Lipinski definition) is 2. The molecule has 0 saturated heterocycles. The lowest BCUT2D eigenvalue weighted by molar-refractivity contribution is 0.269. The van der Waals surface area contributed by atoms with Gasteiger partial charge in [-0.05, 0) is 0 Å². The van der Waals surface area contributed by atoms with E-state index in [9.17, 15) is 0 Å². The maximum atomic E-state index is 8.47. The molecular weight excluding hydrogens is 115 g/mol.